The van der Waals surface area contributed by atoms with Crippen LogP contribution in [-0.2, 0) is 0 Å². The Morgan fingerprint density at radius 2 is 0.889 bits per heavy atom. The molecule has 45 heavy (non-hydrogen) atoms. The third-order valence-corrected chi connectivity index (χ3v) is 9.53. The van der Waals surface area contributed by atoms with E-state index in [1.54, 1.807) is 0 Å². The van der Waals surface area contributed by atoms with Crippen molar-refractivity contribution >= 4 is 43.4 Å². The van der Waals surface area contributed by atoms with Crippen molar-refractivity contribution in [2.75, 3.05) is 0 Å². The fourth-order valence-electron chi connectivity index (χ4n) is 7.55. The lowest BCUT2D eigenvalue weighted by Gasteiger charge is -2.14. The number of hydrogen-bond donors (Lipinski definition) is 0. The number of para-hydroxylation sites is 2. The number of imidazole rings is 1. The molecule has 0 spiro atoms. The van der Waals surface area contributed by atoms with E-state index in [0.717, 1.165) is 28.1 Å². The van der Waals surface area contributed by atoms with E-state index >= 15 is 0 Å². The van der Waals surface area contributed by atoms with Gasteiger partial charge in [0.25, 0.3) is 0 Å². The summed E-state index contributed by atoms with van der Waals surface area (Å²) >= 11 is 0. The van der Waals surface area contributed by atoms with Crippen LogP contribution in [0.1, 0.15) is 0 Å². The van der Waals surface area contributed by atoms with Crippen LogP contribution in [-0.4, -0.2) is 9.55 Å². The minimum Gasteiger partial charge on any atom is -0.291 e. The first-order chi connectivity index (χ1) is 22.3. The Hall–Kier alpha value is -5.99. The average Bonchev–Trinajstić information content (AvgIpc) is 3.46. The minimum absolute atomic E-state index is 0.955. The molecular weight excluding hydrogens is 544 g/mol. The van der Waals surface area contributed by atoms with E-state index in [-0.39, 0.29) is 0 Å². The summed E-state index contributed by atoms with van der Waals surface area (Å²) in [7, 11) is 0. The van der Waals surface area contributed by atoms with Crippen LogP contribution < -0.4 is 0 Å². The first-order valence-corrected chi connectivity index (χ1v) is 15.5. The first kappa shape index (κ1) is 24.5. The summed E-state index contributed by atoms with van der Waals surface area (Å²) in [4.78, 5) is 5.29. The highest BCUT2D eigenvalue weighted by atomic mass is 15.1. The summed E-state index contributed by atoms with van der Waals surface area (Å²) in [6.45, 7) is 0. The van der Waals surface area contributed by atoms with Gasteiger partial charge in [0.15, 0.2) is 0 Å². The standard InChI is InChI=1S/C43H26N2/c1-2-15-32-30(13-1)31-14-3-6-18-35(31)39-26-28(23-24-36(32)39)27-11-9-12-29(25-27)43-44-40-21-10-20-38-34-17-5-4-16-33(34)37-19-7-8-22-41(37)45(43)42(38)40/h1-26H. The zero-order chi connectivity index (χ0) is 29.5. The molecule has 0 unspecified atom stereocenters. The zero-order valence-corrected chi connectivity index (χ0v) is 24.4. The second-order valence-corrected chi connectivity index (χ2v) is 11.9. The summed E-state index contributed by atoms with van der Waals surface area (Å²) in [6.07, 6.45) is 0. The summed E-state index contributed by atoms with van der Waals surface area (Å²) in [6, 6.07) is 57.3. The molecule has 0 bridgehead atoms. The molecule has 0 radical (unpaired) electrons. The zero-order valence-electron chi connectivity index (χ0n) is 24.4. The molecule has 0 saturated heterocycles. The van der Waals surface area contributed by atoms with Crippen LogP contribution in [0, 0.1) is 0 Å². The molecule has 2 nitrogen and oxygen atoms in total. The Labute approximate surface area is 260 Å². The van der Waals surface area contributed by atoms with Gasteiger partial charge in [-0.25, -0.2) is 4.98 Å². The van der Waals surface area contributed by atoms with Crippen LogP contribution in [0.5, 0.6) is 0 Å². The molecule has 208 valence electrons. The van der Waals surface area contributed by atoms with Crippen LogP contribution in [0.25, 0.3) is 93.8 Å². The van der Waals surface area contributed by atoms with Crippen LogP contribution >= 0.6 is 0 Å². The molecule has 0 N–H and O–H groups in total. The lowest BCUT2D eigenvalue weighted by atomic mass is 9.92. The predicted molar refractivity (Wildman–Crippen MR) is 189 cm³/mol. The molecule has 0 fully saturated rings. The molecule has 0 atom stereocenters. The van der Waals surface area contributed by atoms with E-state index in [9.17, 15) is 0 Å². The fraction of sp³-hybridized carbons (Fsp3) is 0. The number of fused-ring (bicyclic) bond motifs is 11. The minimum atomic E-state index is 0.955. The van der Waals surface area contributed by atoms with Gasteiger partial charge >= 0.3 is 0 Å². The van der Waals surface area contributed by atoms with Crippen molar-refractivity contribution in [3.63, 3.8) is 0 Å². The van der Waals surface area contributed by atoms with Crippen LogP contribution in [0.15, 0.2) is 158 Å². The third-order valence-electron chi connectivity index (χ3n) is 9.53. The normalized spacial score (nSPS) is 12.0. The summed E-state index contributed by atoms with van der Waals surface area (Å²) in [5.41, 5.74) is 11.7. The quantitative estimate of drug-likeness (QED) is 0.189. The van der Waals surface area contributed by atoms with Gasteiger partial charge in [-0.3, -0.25) is 4.57 Å². The molecule has 0 aliphatic carbocycles. The molecule has 8 aromatic carbocycles. The van der Waals surface area contributed by atoms with Gasteiger partial charge in [-0.15, -0.1) is 0 Å². The van der Waals surface area contributed by atoms with E-state index in [0.29, 0.717) is 0 Å². The van der Waals surface area contributed by atoms with Crippen LogP contribution in [0.3, 0.4) is 0 Å². The Bertz CT molecular complexity index is 2620. The smallest absolute Gasteiger partial charge is 0.145 e. The van der Waals surface area contributed by atoms with Crippen molar-refractivity contribution in [3.05, 3.63) is 158 Å². The monoisotopic (exact) mass is 570 g/mol. The number of hydrogen-bond acceptors (Lipinski definition) is 1. The maximum absolute atomic E-state index is 5.29. The van der Waals surface area contributed by atoms with Gasteiger partial charge in [-0.2, -0.15) is 0 Å². The maximum Gasteiger partial charge on any atom is 0.145 e. The Balaban J connectivity index is 1.21. The molecule has 1 aliphatic heterocycles. The number of benzene rings is 8. The number of rotatable bonds is 2. The Kier molecular flexibility index (Phi) is 5.03. The van der Waals surface area contributed by atoms with E-state index in [1.165, 1.54) is 65.7 Å². The molecule has 10 rings (SSSR count). The second kappa shape index (κ2) is 9.25. The second-order valence-electron chi connectivity index (χ2n) is 11.9. The largest absolute Gasteiger partial charge is 0.291 e. The Morgan fingerprint density at radius 3 is 1.64 bits per heavy atom. The molecular formula is C43H26N2. The highest BCUT2D eigenvalue weighted by molar-refractivity contribution is 6.25. The molecule has 1 aromatic heterocycles. The van der Waals surface area contributed by atoms with Crippen molar-refractivity contribution in [2.24, 2.45) is 0 Å². The topological polar surface area (TPSA) is 17.8 Å². The summed E-state index contributed by atoms with van der Waals surface area (Å²) < 4.78 is 2.37. The molecule has 2 heteroatoms. The van der Waals surface area contributed by atoms with Crippen LogP contribution in [0.4, 0.5) is 0 Å². The summed E-state index contributed by atoms with van der Waals surface area (Å²) in [5.74, 6) is 0.955. The van der Waals surface area contributed by atoms with Gasteiger partial charge in [0.1, 0.15) is 5.82 Å². The first-order valence-electron chi connectivity index (χ1n) is 15.5. The highest BCUT2D eigenvalue weighted by Crippen LogP contribution is 2.45. The Morgan fingerprint density at radius 1 is 0.356 bits per heavy atom. The van der Waals surface area contributed by atoms with Crippen molar-refractivity contribution < 1.29 is 0 Å². The lowest BCUT2D eigenvalue weighted by molar-refractivity contribution is 1.11. The number of nitrogens with zero attached hydrogens (tertiary/aromatic N) is 2. The van der Waals surface area contributed by atoms with Crippen molar-refractivity contribution in [1.29, 1.82) is 0 Å². The van der Waals surface area contributed by atoms with Gasteiger partial charge in [0.2, 0.25) is 0 Å². The van der Waals surface area contributed by atoms with Crippen molar-refractivity contribution in [3.8, 4) is 50.5 Å². The van der Waals surface area contributed by atoms with Gasteiger partial charge in [-0.1, -0.05) is 133 Å². The highest BCUT2D eigenvalue weighted by Gasteiger charge is 2.25. The van der Waals surface area contributed by atoms with E-state index in [4.69, 9.17) is 4.98 Å². The van der Waals surface area contributed by atoms with Gasteiger partial charge in [-0.05, 0) is 78.8 Å². The third kappa shape index (κ3) is 3.48. The van der Waals surface area contributed by atoms with Gasteiger partial charge in [0.05, 0.1) is 16.7 Å². The average molecular weight is 571 g/mol. The molecule has 0 amide bonds. The van der Waals surface area contributed by atoms with Crippen molar-refractivity contribution in [2.45, 2.75) is 0 Å². The fourth-order valence-corrected chi connectivity index (χ4v) is 7.55. The predicted octanol–water partition coefficient (Wildman–Crippen LogP) is 11.5. The van der Waals surface area contributed by atoms with E-state index in [1.807, 2.05) is 0 Å². The molecule has 1 aliphatic rings. The van der Waals surface area contributed by atoms with Crippen molar-refractivity contribution in [1.82, 2.24) is 9.55 Å². The molecule has 2 heterocycles. The molecule has 0 saturated carbocycles. The lowest BCUT2D eigenvalue weighted by Crippen LogP contribution is -1.99. The number of aromatic nitrogens is 2. The van der Waals surface area contributed by atoms with E-state index in [2.05, 4.69) is 162 Å². The van der Waals surface area contributed by atoms with E-state index < -0.39 is 0 Å². The maximum atomic E-state index is 5.29. The van der Waals surface area contributed by atoms with Gasteiger partial charge in [0, 0.05) is 16.7 Å². The SMILES string of the molecule is c1cc(-c2ccc3c4ccccc4c4ccccc4c3c2)cc(-c2nc3cccc4c3n2-c2ccccc2-c2ccccc2-4)c1. The molecule has 9 aromatic rings. The van der Waals surface area contributed by atoms with Crippen LogP contribution in [0.2, 0.25) is 0 Å². The summed E-state index contributed by atoms with van der Waals surface area (Å²) in [5, 5.41) is 7.73. The van der Waals surface area contributed by atoms with Gasteiger partial charge < -0.3 is 0 Å².